The Morgan fingerprint density at radius 3 is 2.94 bits per heavy atom. The maximum atomic E-state index is 11.7. The minimum Gasteiger partial charge on any atom is -0.352 e. The number of carbonyl (C=O) groups excluding carboxylic acids is 1. The largest absolute Gasteiger partial charge is 0.352 e. The fourth-order valence-electron chi connectivity index (χ4n) is 1.18. The van der Waals surface area contributed by atoms with Crippen LogP contribution < -0.4 is 11.1 Å². The van der Waals surface area contributed by atoms with Crippen LogP contribution in [0.4, 0.5) is 0 Å². The van der Waals surface area contributed by atoms with Gasteiger partial charge >= 0.3 is 0 Å². The first-order valence-corrected chi connectivity index (χ1v) is 6.16. The monoisotopic (exact) mass is 304 g/mol. The van der Waals surface area contributed by atoms with Crippen LogP contribution in [-0.2, 0) is 0 Å². The van der Waals surface area contributed by atoms with Crippen LogP contribution in [0.25, 0.3) is 0 Å². The van der Waals surface area contributed by atoms with E-state index in [4.69, 9.17) is 17.3 Å². The van der Waals surface area contributed by atoms with Crippen molar-refractivity contribution in [2.45, 2.75) is 19.4 Å². The van der Waals surface area contributed by atoms with E-state index < -0.39 is 0 Å². The highest BCUT2D eigenvalue weighted by molar-refractivity contribution is 9.10. The average Bonchev–Trinajstić information content (AvgIpc) is 2.21. The Balaban J connectivity index is 2.62. The van der Waals surface area contributed by atoms with Crippen LogP contribution in [-0.4, -0.2) is 18.5 Å². The lowest BCUT2D eigenvalue weighted by Gasteiger charge is -2.08. The van der Waals surface area contributed by atoms with Gasteiger partial charge in [0.15, 0.2) is 0 Å². The second kappa shape index (κ2) is 6.23. The molecule has 0 bridgehead atoms. The smallest absolute Gasteiger partial charge is 0.252 e. The number of benzene rings is 1. The van der Waals surface area contributed by atoms with Crippen LogP contribution in [0.1, 0.15) is 23.7 Å². The van der Waals surface area contributed by atoms with Crippen LogP contribution in [0, 0.1) is 0 Å². The zero-order chi connectivity index (χ0) is 12.1. The Hall–Kier alpha value is -0.580. The molecule has 0 aliphatic heterocycles. The third kappa shape index (κ3) is 4.12. The molecule has 1 unspecified atom stereocenters. The summed E-state index contributed by atoms with van der Waals surface area (Å²) in [4.78, 5) is 11.7. The Kier molecular flexibility index (Phi) is 5.25. The van der Waals surface area contributed by atoms with E-state index >= 15 is 0 Å². The lowest BCUT2D eigenvalue weighted by Crippen LogP contribution is -2.29. The van der Waals surface area contributed by atoms with Gasteiger partial charge in [0.2, 0.25) is 0 Å². The maximum absolute atomic E-state index is 11.7. The molecule has 1 rings (SSSR count). The molecular weight excluding hydrogens is 291 g/mol. The summed E-state index contributed by atoms with van der Waals surface area (Å²) in [7, 11) is 0. The first-order valence-electron chi connectivity index (χ1n) is 4.99. The number of amides is 1. The summed E-state index contributed by atoms with van der Waals surface area (Å²) >= 11 is 9.22. The Bertz CT molecular complexity index is 382. The van der Waals surface area contributed by atoms with Crippen molar-refractivity contribution in [1.82, 2.24) is 5.32 Å². The van der Waals surface area contributed by atoms with Gasteiger partial charge in [0.1, 0.15) is 0 Å². The number of carbonyl (C=O) groups is 1. The molecule has 1 amide bonds. The van der Waals surface area contributed by atoms with Gasteiger partial charge in [0.05, 0.1) is 10.6 Å². The Morgan fingerprint density at radius 2 is 2.31 bits per heavy atom. The van der Waals surface area contributed by atoms with Gasteiger partial charge in [-0.1, -0.05) is 27.5 Å². The topological polar surface area (TPSA) is 55.1 Å². The molecule has 5 heteroatoms. The van der Waals surface area contributed by atoms with Gasteiger partial charge in [0.25, 0.3) is 5.91 Å². The fourth-order valence-corrected chi connectivity index (χ4v) is 1.74. The number of hydrogen-bond acceptors (Lipinski definition) is 2. The maximum Gasteiger partial charge on any atom is 0.252 e. The summed E-state index contributed by atoms with van der Waals surface area (Å²) in [6.45, 7) is 2.46. The zero-order valence-corrected chi connectivity index (χ0v) is 11.3. The number of halogens is 2. The summed E-state index contributed by atoms with van der Waals surface area (Å²) in [5.41, 5.74) is 6.06. The summed E-state index contributed by atoms with van der Waals surface area (Å²) in [5.74, 6) is -0.174. The van der Waals surface area contributed by atoms with E-state index in [0.717, 1.165) is 10.9 Å². The average molecular weight is 306 g/mol. The minimum absolute atomic E-state index is 0.0817. The summed E-state index contributed by atoms with van der Waals surface area (Å²) in [5, 5.41) is 3.22. The molecule has 0 aliphatic rings. The van der Waals surface area contributed by atoms with Crippen molar-refractivity contribution in [2.75, 3.05) is 6.54 Å². The predicted octanol–water partition coefficient (Wildman–Crippen LogP) is 2.57. The van der Waals surface area contributed by atoms with Gasteiger partial charge < -0.3 is 11.1 Å². The van der Waals surface area contributed by atoms with Crippen molar-refractivity contribution in [2.24, 2.45) is 5.73 Å². The highest BCUT2D eigenvalue weighted by Crippen LogP contribution is 2.20. The molecule has 0 saturated heterocycles. The van der Waals surface area contributed by atoms with Gasteiger partial charge in [-0.25, -0.2) is 0 Å². The van der Waals surface area contributed by atoms with Gasteiger partial charge in [-0.2, -0.15) is 0 Å². The third-order valence-corrected chi connectivity index (χ3v) is 2.88. The molecule has 0 spiro atoms. The molecule has 3 nitrogen and oxygen atoms in total. The van der Waals surface area contributed by atoms with E-state index in [1.54, 1.807) is 18.2 Å². The molecule has 16 heavy (non-hydrogen) atoms. The van der Waals surface area contributed by atoms with E-state index in [1.807, 2.05) is 6.92 Å². The van der Waals surface area contributed by atoms with Crippen LogP contribution in [0.15, 0.2) is 22.7 Å². The minimum atomic E-state index is -0.174. The molecule has 1 aromatic rings. The van der Waals surface area contributed by atoms with Crippen LogP contribution in [0.5, 0.6) is 0 Å². The zero-order valence-electron chi connectivity index (χ0n) is 8.97. The molecule has 0 saturated carbocycles. The van der Waals surface area contributed by atoms with E-state index in [-0.39, 0.29) is 11.9 Å². The van der Waals surface area contributed by atoms with Gasteiger partial charge in [0, 0.05) is 17.1 Å². The summed E-state index contributed by atoms with van der Waals surface area (Å²) < 4.78 is 0.828. The van der Waals surface area contributed by atoms with Crippen molar-refractivity contribution < 1.29 is 4.79 Å². The number of nitrogens with one attached hydrogen (secondary N) is 1. The third-order valence-electron chi connectivity index (χ3n) is 2.06. The molecule has 1 atom stereocenters. The molecule has 0 heterocycles. The highest BCUT2D eigenvalue weighted by Gasteiger charge is 2.10. The lowest BCUT2D eigenvalue weighted by molar-refractivity contribution is 0.0953. The molecular formula is C11H14BrClN2O. The van der Waals surface area contributed by atoms with E-state index in [9.17, 15) is 4.79 Å². The second-order valence-electron chi connectivity index (χ2n) is 3.65. The van der Waals surface area contributed by atoms with Gasteiger partial charge in [-0.05, 0) is 31.5 Å². The summed E-state index contributed by atoms with van der Waals surface area (Å²) in [6.07, 6.45) is 0.747. The molecule has 0 radical (unpaired) electrons. The lowest BCUT2D eigenvalue weighted by atomic mass is 10.2. The number of hydrogen-bond donors (Lipinski definition) is 2. The van der Waals surface area contributed by atoms with Gasteiger partial charge in [-0.15, -0.1) is 0 Å². The van der Waals surface area contributed by atoms with Crippen LogP contribution in [0.3, 0.4) is 0 Å². The molecule has 88 valence electrons. The fraction of sp³-hybridized carbons (Fsp3) is 0.364. The number of rotatable bonds is 4. The quantitative estimate of drug-likeness (QED) is 0.898. The van der Waals surface area contributed by atoms with Crippen molar-refractivity contribution in [3.05, 3.63) is 33.3 Å². The first kappa shape index (κ1) is 13.5. The standard InChI is InChI=1S/C11H14BrClN2O/c1-7(14)4-5-15-11(16)9-6-8(12)2-3-10(9)13/h2-3,6-7H,4-5,14H2,1H3,(H,15,16). The van der Waals surface area contributed by atoms with E-state index in [0.29, 0.717) is 17.1 Å². The van der Waals surface area contributed by atoms with Crippen molar-refractivity contribution in [3.8, 4) is 0 Å². The van der Waals surface area contributed by atoms with Crippen molar-refractivity contribution >= 4 is 33.4 Å². The molecule has 1 aromatic carbocycles. The predicted molar refractivity (Wildman–Crippen MR) is 69.8 cm³/mol. The van der Waals surface area contributed by atoms with Gasteiger partial charge in [-0.3, -0.25) is 4.79 Å². The van der Waals surface area contributed by atoms with Crippen molar-refractivity contribution in [3.63, 3.8) is 0 Å². The normalized spacial score (nSPS) is 12.2. The van der Waals surface area contributed by atoms with E-state index in [1.165, 1.54) is 0 Å². The van der Waals surface area contributed by atoms with Crippen LogP contribution >= 0.6 is 27.5 Å². The molecule has 0 fully saturated rings. The highest BCUT2D eigenvalue weighted by atomic mass is 79.9. The molecule has 3 N–H and O–H groups in total. The van der Waals surface area contributed by atoms with Crippen molar-refractivity contribution in [1.29, 1.82) is 0 Å². The SMILES string of the molecule is CC(N)CCNC(=O)c1cc(Br)ccc1Cl. The first-order chi connectivity index (χ1) is 7.50. The Labute approximate surface area is 108 Å². The Morgan fingerprint density at radius 1 is 1.62 bits per heavy atom. The van der Waals surface area contributed by atoms with Crippen LogP contribution in [0.2, 0.25) is 5.02 Å². The van der Waals surface area contributed by atoms with E-state index in [2.05, 4.69) is 21.2 Å². The molecule has 0 aromatic heterocycles. The number of nitrogens with two attached hydrogens (primary N) is 1. The summed E-state index contributed by atoms with van der Waals surface area (Å²) in [6, 6.07) is 5.26. The molecule has 0 aliphatic carbocycles. The second-order valence-corrected chi connectivity index (χ2v) is 4.97.